The van der Waals surface area contributed by atoms with Gasteiger partial charge in [-0.2, -0.15) is 0 Å². The van der Waals surface area contributed by atoms with Gasteiger partial charge in [-0.05, 0) is 18.2 Å². The summed E-state index contributed by atoms with van der Waals surface area (Å²) < 4.78 is 18.5. The topological polar surface area (TPSA) is 75.6 Å². The van der Waals surface area contributed by atoms with E-state index in [0.29, 0.717) is 32.1 Å². The summed E-state index contributed by atoms with van der Waals surface area (Å²) in [5.41, 5.74) is -0.183. The van der Waals surface area contributed by atoms with E-state index in [-0.39, 0.29) is 21.5 Å². The van der Waals surface area contributed by atoms with Crippen LogP contribution in [-0.4, -0.2) is 59.5 Å². The van der Waals surface area contributed by atoms with Gasteiger partial charge in [-0.15, -0.1) is 0 Å². The molecule has 3 rings (SSSR count). The van der Waals surface area contributed by atoms with Crippen molar-refractivity contribution in [3.63, 3.8) is 0 Å². The van der Waals surface area contributed by atoms with Crippen LogP contribution in [0.1, 0.15) is 10.4 Å². The molecule has 1 amide bonds. The van der Waals surface area contributed by atoms with Gasteiger partial charge in [-0.25, -0.2) is 19.2 Å². The first-order valence-corrected chi connectivity index (χ1v) is 8.82. The number of carbonyl (C=O) groups excluding carboxylic acids is 2. The minimum atomic E-state index is -0.889. The fraction of sp³-hybridized carbons (Fsp3) is 0.294. The van der Waals surface area contributed by atoms with E-state index in [1.165, 1.54) is 0 Å². The number of aromatic nitrogens is 2. The first-order valence-electron chi connectivity index (χ1n) is 8.07. The molecule has 1 saturated heterocycles. The van der Waals surface area contributed by atoms with Crippen molar-refractivity contribution >= 4 is 41.0 Å². The van der Waals surface area contributed by atoms with Crippen LogP contribution in [0, 0.1) is 5.82 Å². The zero-order valence-corrected chi connectivity index (χ0v) is 15.6. The van der Waals surface area contributed by atoms with Gasteiger partial charge in [0, 0.05) is 38.6 Å². The summed E-state index contributed by atoms with van der Waals surface area (Å²) in [7, 11) is 0. The molecule has 0 bridgehead atoms. The van der Waals surface area contributed by atoms with Crippen molar-refractivity contribution < 1.29 is 18.7 Å². The summed E-state index contributed by atoms with van der Waals surface area (Å²) in [4.78, 5) is 36.2. The molecule has 1 aliphatic rings. The van der Waals surface area contributed by atoms with E-state index >= 15 is 0 Å². The number of amides is 1. The van der Waals surface area contributed by atoms with Crippen LogP contribution >= 0.6 is 23.2 Å². The Morgan fingerprint density at radius 3 is 2.41 bits per heavy atom. The number of rotatable bonds is 4. The molecule has 142 valence electrons. The Balaban J connectivity index is 1.51. The Labute approximate surface area is 164 Å². The van der Waals surface area contributed by atoms with Crippen LogP contribution in [0.15, 0.2) is 30.6 Å². The monoisotopic (exact) mass is 412 g/mol. The second-order valence-electron chi connectivity index (χ2n) is 5.74. The van der Waals surface area contributed by atoms with Crippen LogP contribution in [0.4, 0.5) is 10.3 Å². The second-order valence-corrected chi connectivity index (χ2v) is 6.55. The van der Waals surface area contributed by atoms with E-state index < -0.39 is 18.4 Å². The molecule has 0 spiro atoms. The molecule has 2 heterocycles. The first kappa shape index (κ1) is 19.3. The number of halogens is 3. The van der Waals surface area contributed by atoms with Crippen molar-refractivity contribution in [1.29, 1.82) is 0 Å². The highest BCUT2D eigenvalue weighted by Crippen LogP contribution is 2.25. The van der Waals surface area contributed by atoms with Crippen molar-refractivity contribution in [1.82, 2.24) is 14.9 Å². The van der Waals surface area contributed by atoms with Crippen LogP contribution in [-0.2, 0) is 9.53 Å². The maximum absolute atomic E-state index is 13.5. The molecule has 7 nitrogen and oxygen atoms in total. The molecule has 10 heteroatoms. The maximum atomic E-state index is 13.5. The minimum absolute atomic E-state index is 0.0460. The molecule has 1 aliphatic heterocycles. The summed E-state index contributed by atoms with van der Waals surface area (Å²) in [6.45, 7) is 1.58. The van der Waals surface area contributed by atoms with E-state index in [1.807, 2.05) is 4.90 Å². The minimum Gasteiger partial charge on any atom is -0.452 e. The Morgan fingerprint density at radius 1 is 1.07 bits per heavy atom. The van der Waals surface area contributed by atoms with Crippen LogP contribution in [0.3, 0.4) is 0 Å². The summed E-state index contributed by atoms with van der Waals surface area (Å²) >= 11 is 11.5. The average Bonchev–Trinajstić information content (AvgIpc) is 2.69. The molecule has 0 saturated carbocycles. The fourth-order valence-electron chi connectivity index (χ4n) is 2.59. The van der Waals surface area contributed by atoms with Crippen molar-refractivity contribution in [2.24, 2.45) is 0 Å². The molecular weight excluding hydrogens is 398 g/mol. The molecule has 1 aromatic carbocycles. The Morgan fingerprint density at radius 2 is 1.74 bits per heavy atom. The zero-order valence-electron chi connectivity index (χ0n) is 14.1. The maximum Gasteiger partial charge on any atom is 0.340 e. The standard InChI is InChI=1S/C17H15Cl2FN4O3/c18-12-9-13(19)14(20)8-11(12)16(26)27-10-15(25)23-4-6-24(7-5-23)17-21-2-1-3-22-17/h1-3,8-9H,4-7,10H2. The summed E-state index contributed by atoms with van der Waals surface area (Å²) in [5, 5.41) is -0.247. The molecular formula is C17H15Cl2FN4O3. The van der Waals surface area contributed by atoms with E-state index in [0.717, 1.165) is 12.1 Å². The number of carbonyl (C=O) groups is 2. The van der Waals surface area contributed by atoms with Crippen molar-refractivity contribution in [3.8, 4) is 0 Å². The van der Waals surface area contributed by atoms with Gasteiger partial charge in [0.15, 0.2) is 6.61 Å². The fourth-order valence-corrected chi connectivity index (χ4v) is 3.05. The number of ether oxygens (including phenoxy) is 1. The van der Waals surface area contributed by atoms with Crippen LogP contribution in [0.5, 0.6) is 0 Å². The highest BCUT2D eigenvalue weighted by molar-refractivity contribution is 6.36. The number of benzene rings is 1. The SMILES string of the molecule is O=C(OCC(=O)N1CCN(c2ncccn2)CC1)c1cc(F)c(Cl)cc1Cl. The number of anilines is 1. The summed E-state index contributed by atoms with van der Waals surface area (Å²) in [6, 6.07) is 3.73. The molecule has 0 N–H and O–H groups in total. The molecule has 1 aromatic heterocycles. The third-order valence-electron chi connectivity index (χ3n) is 4.02. The summed E-state index contributed by atoms with van der Waals surface area (Å²) in [6.07, 6.45) is 3.31. The van der Waals surface area contributed by atoms with Crippen molar-refractivity contribution in [2.45, 2.75) is 0 Å². The Hall–Kier alpha value is -2.45. The van der Waals surface area contributed by atoms with E-state index in [9.17, 15) is 14.0 Å². The van der Waals surface area contributed by atoms with Gasteiger partial charge in [0.2, 0.25) is 5.95 Å². The molecule has 0 atom stereocenters. The highest BCUT2D eigenvalue weighted by Gasteiger charge is 2.24. The lowest BCUT2D eigenvalue weighted by molar-refractivity contribution is -0.134. The third-order valence-corrected chi connectivity index (χ3v) is 4.63. The van der Waals surface area contributed by atoms with E-state index in [1.54, 1.807) is 23.4 Å². The summed E-state index contributed by atoms with van der Waals surface area (Å²) in [5.74, 6) is -1.42. The lowest BCUT2D eigenvalue weighted by Crippen LogP contribution is -2.50. The smallest absolute Gasteiger partial charge is 0.340 e. The highest BCUT2D eigenvalue weighted by atomic mass is 35.5. The largest absolute Gasteiger partial charge is 0.452 e. The zero-order chi connectivity index (χ0) is 19.4. The lowest BCUT2D eigenvalue weighted by Gasteiger charge is -2.34. The quantitative estimate of drug-likeness (QED) is 0.566. The first-order chi connectivity index (χ1) is 13.0. The van der Waals surface area contributed by atoms with Gasteiger partial charge in [-0.1, -0.05) is 23.2 Å². The van der Waals surface area contributed by atoms with E-state index in [2.05, 4.69) is 9.97 Å². The molecule has 0 radical (unpaired) electrons. The van der Waals surface area contributed by atoms with Gasteiger partial charge in [0.05, 0.1) is 15.6 Å². The van der Waals surface area contributed by atoms with Crippen LogP contribution in [0.2, 0.25) is 10.0 Å². The molecule has 1 fully saturated rings. The number of esters is 1. The predicted molar refractivity (Wildman–Crippen MR) is 97.5 cm³/mol. The number of piperazine rings is 1. The van der Waals surface area contributed by atoms with Gasteiger partial charge in [-0.3, -0.25) is 4.79 Å². The average molecular weight is 413 g/mol. The van der Waals surface area contributed by atoms with E-state index in [4.69, 9.17) is 27.9 Å². The van der Waals surface area contributed by atoms with Crippen molar-refractivity contribution in [2.75, 3.05) is 37.7 Å². The lowest BCUT2D eigenvalue weighted by atomic mass is 10.2. The van der Waals surface area contributed by atoms with Gasteiger partial charge in [0.1, 0.15) is 5.82 Å². The third kappa shape index (κ3) is 4.64. The number of hydrogen-bond donors (Lipinski definition) is 0. The number of hydrogen-bond acceptors (Lipinski definition) is 6. The molecule has 0 aliphatic carbocycles. The number of nitrogens with zero attached hydrogens (tertiary/aromatic N) is 4. The van der Waals surface area contributed by atoms with Crippen molar-refractivity contribution in [3.05, 3.63) is 52.0 Å². The van der Waals surface area contributed by atoms with Gasteiger partial charge in [0.25, 0.3) is 5.91 Å². The van der Waals surface area contributed by atoms with Gasteiger partial charge >= 0.3 is 5.97 Å². The normalized spacial score (nSPS) is 14.2. The predicted octanol–water partition coefficient (Wildman–Crippen LogP) is 2.43. The molecule has 27 heavy (non-hydrogen) atoms. The Bertz CT molecular complexity index is 846. The molecule has 2 aromatic rings. The van der Waals surface area contributed by atoms with Crippen LogP contribution in [0.25, 0.3) is 0 Å². The second kappa shape index (κ2) is 8.49. The van der Waals surface area contributed by atoms with Crippen LogP contribution < -0.4 is 4.90 Å². The van der Waals surface area contributed by atoms with Gasteiger partial charge < -0.3 is 14.5 Å². The molecule has 0 unspecified atom stereocenters. The Kier molecular flexibility index (Phi) is 6.08.